The lowest BCUT2D eigenvalue weighted by molar-refractivity contribution is 0.0789. The van der Waals surface area contributed by atoms with Crippen LogP contribution in [0.25, 0.3) is 10.9 Å². The van der Waals surface area contributed by atoms with E-state index in [0.29, 0.717) is 5.92 Å². The van der Waals surface area contributed by atoms with Gasteiger partial charge >= 0.3 is 0 Å². The summed E-state index contributed by atoms with van der Waals surface area (Å²) in [6, 6.07) is 14.1. The molecule has 1 saturated heterocycles. The van der Waals surface area contributed by atoms with E-state index in [1.54, 1.807) is 0 Å². The minimum absolute atomic E-state index is 0.148. The number of carbonyl (C=O) groups is 1. The highest BCUT2D eigenvalue weighted by Gasteiger charge is 2.28. The lowest BCUT2D eigenvalue weighted by Crippen LogP contribution is -2.28. The number of hydrogen-bond acceptors (Lipinski definition) is 2. The van der Waals surface area contributed by atoms with Crippen LogP contribution in [0.2, 0.25) is 0 Å². The number of amides is 1. The highest BCUT2D eigenvalue weighted by Crippen LogP contribution is 2.26. The third kappa shape index (κ3) is 2.68. The van der Waals surface area contributed by atoms with Crippen LogP contribution in [-0.4, -0.2) is 33.4 Å². The predicted molar refractivity (Wildman–Crippen MR) is 94.9 cm³/mol. The van der Waals surface area contributed by atoms with Gasteiger partial charge in [-0.1, -0.05) is 24.3 Å². The largest absolute Gasteiger partial charge is 0.350 e. The third-order valence-corrected chi connectivity index (χ3v) is 4.92. The number of hydrogen-bond donors (Lipinski definition) is 0. The Balaban J connectivity index is 1.51. The molecule has 1 unspecified atom stereocenters. The molecule has 0 bridgehead atoms. The van der Waals surface area contributed by atoms with E-state index in [4.69, 9.17) is 0 Å². The number of para-hydroxylation sites is 1. The first-order chi connectivity index (χ1) is 11.7. The summed E-state index contributed by atoms with van der Waals surface area (Å²) in [4.78, 5) is 19.4. The van der Waals surface area contributed by atoms with Crippen LogP contribution < -0.4 is 0 Å². The summed E-state index contributed by atoms with van der Waals surface area (Å²) in [5, 5.41) is 1.04. The fourth-order valence-corrected chi connectivity index (χ4v) is 3.68. The van der Waals surface area contributed by atoms with Crippen LogP contribution in [0.15, 0.2) is 54.9 Å². The Labute approximate surface area is 141 Å². The van der Waals surface area contributed by atoms with Crippen LogP contribution in [0.3, 0.4) is 0 Å². The van der Waals surface area contributed by atoms with Crippen molar-refractivity contribution >= 4 is 16.8 Å². The molecule has 0 spiro atoms. The molecule has 24 heavy (non-hydrogen) atoms. The van der Waals surface area contributed by atoms with E-state index in [1.807, 2.05) is 59.2 Å². The monoisotopic (exact) mass is 319 g/mol. The van der Waals surface area contributed by atoms with Gasteiger partial charge in [-0.25, -0.2) is 0 Å². The van der Waals surface area contributed by atoms with Crippen molar-refractivity contribution in [2.75, 3.05) is 13.1 Å². The number of aryl methyl sites for hydroxylation is 1. The molecule has 1 fully saturated rings. The van der Waals surface area contributed by atoms with Gasteiger partial charge in [0.15, 0.2) is 0 Å². The zero-order valence-corrected chi connectivity index (χ0v) is 13.9. The van der Waals surface area contributed by atoms with E-state index in [1.165, 1.54) is 0 Å². The molecule has 1 aromatic carbocycles. The molecule has 1 amide bonds. The first kappa shape index (κ1) is 14.9. The van der Waals surface area contributed by atoms with Gasteiger partial charge in [0.05, 0.1) is 5.56 Å². The highest BCUT2D eigenvalue weighted by atomic mass is 16.2. The Bertz CT molecular complexity index is 869. The molecule has 1 aliphatic rings. The molecule has 122 valence electrons. The topological polar surface area (TPSA) is 38.1 Å². The van der Waals surface area contributed by atoms with E-state index in [-0.39, 0.29) is 5.91 Å². The Morgan fingerprint density at radius 1 is 1.21 bits per heavy atom. The van der Waals surface area contributed by atoms with Crippen molar-refractivity contribution in [1.82, 2.24) is 14.5 Å². The van der Waals surface area contributed by atoms with E-state index in [0.717, 1.165) is 48.1 Å². The molecule has 2 aromatic heterocycles. The molecule has 4 heteroatoms. The van der Waals surface area contributed by atoms with Gasteiger partial charge in [0.2, 0.25) is 0 Å². The second-order valence-corrected chi connectivity index (χ2v) is 6.60. The van der Waals surface area contributed by atoms with Crippen molar-refractivity contribution in [3.05, 3.63) is 66.1 Å². The number of likely N-dealkylation sites (tertiary alicyclic amines) is 1. The molecule has 0 N–H and O–H groups in total. The number of nitrogens with zero attached hydrogens (tertiary/aromatic N) is 3. The van der Waals surface area contributed by atoms with Crippen LogP contribution in [-0.2, 0) is 13.5 Å². The number of benzene rings is 1. The van der Waals surface area contributed by atoms with Gasteiger partial charge in [0.1, 0.15) is 0 Å². The minimum atomic E-state index is 0.148. The summed E-state index contributed by atoms with van der Waals surface area (Å²) in [7, 11) is 1.99. The summed E-state index contributed by atoms with van der Waals surface area (Å²) in [5.41, 5.74) is 3.03. The van der Waals surface area contributed by atoms with Crippen LogP contribution in [0.4, 0.5) is 0 Å². The maximum atomic E-state index is 13.0. The lowest BCUT2D eigenvalue weighted by atomic mass is 10.0. The van der Waals surface area contributed by atoms with E-state index < -0.39 is 0 Å². The summed E-state index contributed by atoms with van der Waals surface area (Å²) >= 11 is 0. The highest BCUT2D eigenvalue weighted by molar-refractivity contribution is 6.07. The van der Waals surface area contributed by atoms with Crippen molar-refractivity contribution in [3.8, 4) is 0 Å². The average molecular weight is 319 g/mol. The molecular weight excluding hydrogens is 298 g/mol. The molecule has 0 saturated carbocycles. The van der Waals surface area contributed by atoms with Crippen molar-refractivity contribution in [2.24, 2.45) is 13.0 Å². The van der Waals surface area contributed by atoms with E-state index >= 15 is 0 Å². The Hall–Kier alpha value is -2.62. The molecule has 0 radical (unpaired) electrons. The van der Waals surface area contributed by atoms with Gasteiger partial charge in [0, 0.05) is 49.1 Å². The maximum absolute atomic E-state index is 13.0. The second-order valence-electron chi connectivity index (χ2n) is 6.60. The molecule has 1 atom stereocenters. The van der Waals surface area contributed by atoms with Gasteiger partial charge in [-0.05, 0) is 37.0 Å². The van der Waals surface area contributed by atoms with Crippen LogP contribution in [0, 0.1) is 5.92 Å². The number of aromatic nitrogens is 2. The molecule has 4 nitrogen and oxygen atoms in total. The van der Waals surface area contributed by atoms with Crippen molar-refractivity contribution in [2.45, 2.75) is 12.8 Å². The lowest BCUT2D eigenvalue weighted by Gasteiger charge is -2.16. The maximum Gasteiger partial charge on any atom is 0.256 e. The molecule has 4 rings (SSSR count). The SMILES string of the molecule is Cn1cc(C(=O)N2CCC(Cc3ccccn3)C2)c2ccccc21. The first-order valence-electron chi connectivity index (χ1n) is 8.45. The summed E-state index contributed by atoms with van der Waals surface area (Å²) in [6.45, 7) is 1.65. The Kier molecular flexibility index (Phi) is 3.81. The first-order valence-corrected chi connectivity index (χ1v) is 8.45. The van der Waals surface area contributed by atoms with E-state index in [2.05, 4.69) is 17.1 Å². The van der Waals surface area contributed by atoms with Gasteiger partial charge in [0.25, 0.3) is 5.91 Å². The fraction of sp³-hybridized carbons (Fsp3) is 0.300. The number of pyridine rings is 1. The number of carbonyl (C=O) groups excluding carboxylic acids is 1. The predicted octanol–water partition coefficient (Wildman–Crippen LogP) is 3.28. The summed E-state index contributed by atoms with van der Waals surface area (Å²) in [6.07, 6.45) is 5.79. The fourth-order valence-electron chi connectivity index (χ4n) is 3.68. The zero-order valence-electron chi connectivity index (χ0n) is 13.9. The number of fused-ring (bicyclic) bond motifs is 1. The zero-order chi connectivity index (χ0) is 16.5. The summed E-state index contributed by atoms with van der Waals surface area (Å²) in [5.74, 6) is 0.647. The van der Waals surface area contributed by atoms with Crippen LogP contribution >= 0.6 is 0 Å². The van der Waals surface area contributed by atoms with Gasteiger partial charge < -0.3 is 9.47 Å². The second kappa shape index (κ2) is 6.11. The normalized spacial score (nSPS) is 17.5. The molecule has 0 aliphatic carbocycles. The molecule has 1 aliphatic heterocycles. The van der Waals surface area contributed by atoms with Crippen LogP contribution in [0.5, 0.6) is 0 Å². The van der Waals surface area contributed by atoms with Gasteiger partial charge in [-0.3, -0.25) is 9.78 Å². The Morgan fingerprint density at radius 2 is 2.04 bits per heavy atom. The molecule has 3 aromatic rings. The van der Waals surface area contributed by atoms with Crippen molar-refractivity contribution < 1.29 is 4.79 Å². The van der Waals surface area contributed by atoms with Gasteiger partial charge in [-0.2, -0.15) is 0 Å². The third-order valence-electron chi connectivity index (χ3n) is 4.92. The van der Waals surface area contributed by atoms with Crippen molar-refractivity contribution in [3.63, 3.8) is 0 Å². The minimum Gasteiger partial charge on any atom is -0.350 e. The van der Waals surface area contributed by atoms with Gasteiger partial charge in [-0.15, -0.1) is 0 Å². The summed E-state index contributed by atoms with van der Waals surface area (Å²) < 4.78 is 2.03. The number of rotatable bonds is 3. The molecular formula is C20H21N3O. The smallest absolute Gasteiger partial charge is 0.256 e. The Morgan fingerprint density at radius 3 is 2.88 bits per heavy atom. The quantitative estimate of drug-likeness (QED) is 0.743. The standard InChI is InChI=1S/C20H21N3O/c1-22-14-18(17-7-2-3-8-19(17)22)20(24)23-11-9-15(13-23)12-16-6-4-5-10-21-16/h2-8,10,14-15H,9,11-13H2,1H3. The average Bonchev–Trinajstić information content (AvgIpc) is 3.21. The molecule has 3 heterocycles. The van der Waals surface area contributed by atoms with Crippen molar-refractivity contribution in [1.29, 1.82) is 0 Å². The van der Waals surface area contributed by atoms with Crippen LogP contribution in [0.1, 0.15) is 22.5 Å². The van der Waals surface area contributed by atoms with E-state index in [9.17, 15) is 4.79 Å².